The maximum Gasteiger partial charge on any atom is 0.224 e. The summed E-state index contributed by atoms with van der Waals surface area (Å²) in [6, 6.07) is 3.77. The van der Waals surface area contributed by atoms with Gasteiger partial charge in [-0.2, -0.15) is 0 Å². The molecule has 1 unspecified atom stereocenters. The number of hydrogen-bond acceptors (Lipinski definition) is 3. The summed E-state index contributed by atoms with van der Waals surface area (Å²) in [5.74, 6) is 0.168. The van der Waals surface area contributed by atoms with Crippen LogP contribution in [0, 0.1) is 19.8 Å². The topological polar surface area (TPSA) is 64.3 Å². The molecule has 100 valence electrons. The molecule has 1 aromatic rings. The van der Waals surface area contributed by atoms with Crippen LogP contribution in [0.5, 0.6) is 0 Å². The van der Waals surface area contributed by atoms with E-state index in [1.807, 2.05) is 32.9 Å². The van der Waals surface area contributed by atoms with Crippen LogP contribution in [0.15, 0.2) is 12.1 Å². The monoisotopic (exact) mass is 250 g/mol. The van der Waals surface area contributed by atoms with Crippen LogP contribution < -0.4 is 11.1 Å². The number of rotatable bonds is 5. The fourth-order valence-electron chi connectivity index (χ4n) is 1.85. The first kappa shape index (κ1) is 14.5. The molecule has 3 N–H and O–H groups in total. The van der Waals surface area contributed by atoms with Gasteiger partial charge in [0.2, 0.25) is 5.91 Å². The van der Waals surface area contributed by atoms with Crippen molar-refractivity contribution in [3.63, 3.8) is 0 Å². The van der Waals surface area contributed by atoms with Crippen molar-refractivity contribution in [2.24, 2.45) is 5.92 Å². The van der Waals surface area contributed by atoms with E-state index in [0.29, 0.717) is 18.7 Å². The van der Waals surface area contributed by atoms with E-state index in [9.17, 15) is 4.79 Å². The standard InChI is InChI=1S/C14H22N2O2/c1-9(8-18-4)7-13(17)16-14-11(3)10(2)5-6-12(14)15/h5-6,9H,7-8,15H2,1-4H3,(H,16,17). The molecule has 0 saturated heterocycles. The fraction of sp³-hybridized carbons (Fsp3) is 0.500. The van der Waals surface area contributed by atoms with E-state index in [1.54, 1.807) is 7.11 Å². The number of amides is 1. The molecule has 0 fully saturated rings. The minimum Gasteiger partial charge on any atom is -0.397 e. The Balaban J connectivity index is 2.73. The minimum atomic E-state index is -0.0278. The molecule has 0 saturated carbocycles. The van der Waals surface area contributed by atoms with Crippen LogP contribution >= 0.6 is 0 Å². The first-order valence-electron chi connectivity index (χ1n) is 6.10. The summed E-state index contributed by atoms with van der Waals surface area (Å²) >= 11 is 0. The average Bonchev–Trinajstić information content (AvgIpc) is 2.30. The average molecular weight is 250 g/mol. The molecule has 4 nitrogen and oxygen atoms in total. The van der Waals surface area contributed by atoms with E-state index in [2.05, 4.69) is 5.32 Å². The summed E-state index contributed by atoms with van der Waals surface area (Å²) in [5, 5.41) is 2.89. The molecular formula is C14H22N2O2. The van der Waals surface area contributed by atoms with Gasteiger partial charge in [-0.3, -0.25) is 4.79 Å². The first-order valence-corrected chi connectivity index (χ1v) is 6.10. The van der Waals surface area contributed by atoms with E-state index in [1.165, 1.54) is 0 Å². The second-order valence-electron chi connectivity index (χ2n) is 4.78. The summed E-state index contributed by atoms with van der Waals surface area (Å²) in [5.41, 5.74) is 9.35. The molecule has 0 aromatic heterocycles. The van der Waals surface area contributed by atoms with Crippen LogP contribution in [-0.2, 0) is 9.53 Å². The number of nitrogen functional groups attached to an aromatic ring is 1. The van der Waals surface area contributed by atoms with Crippen LogP contribution in [0.3, 0.4) is 0 Å². The van der Waals surface area contributed by atoms with Gasteiger partial charge >= 0.3 is 0 Å². The van der Waals surface area contributed by atoms with Crippen molar-refractivity contribution in [1.29, 1.82) is 0 Å². The molecule has 4 heteroatoms. The summed E-state index contributed by atoms with van der Waals surface area (Å²) in [6.45, 7) is 6.52. The zero-order valence-corrected chi connectivity index (χ0v) is 11.5. The van der Waals surface area contributed by atoms with Gasteiger partial charge in [-0.15, -0.1) is 0 Å². The van der Waals surface area contributed by atoms with Gasteiger partial charge in [0.15, 0.2) is 0 Å². The molecule has 1 rings (SSSR count). The first-order chi connectivity index (χ1) is 8.45. The highest BCUT2D eigenvalue weighted by Crippen LogP contribution is 2.26. The molecule has 1 aromatic carbocycles. The second kappa shape index (κ2) is 6.40. The number of hydrogen-bond donors (Lipinski definition) is 2. The molecule has 0 aliphatic rings. The normalized spacial score (nSPS) is 12.2. The predicted molar refractivity (Wildman–Crippen MR) is 74.6 cm³/mol. The Morgan fingerprint density at radius 1 is 1.44 bits per heavy atom. The molecule has 0 aliphatic carbocycles. The quantitative estimate of drug-likeness (QED) is 0.789. The number of benzene rings is 1. The lowest BCUT2D eigenvalue weighted by atomic mass is 10.1. The minimum absolute atomic E-state index is 0.0278. The van der Waals surface area contributed by atoms with Crippen molar-refractivity contribution in [3.8, 4) is 0 Å². The van der Waals surface area contributed by atoms with Crippen molar-refractivity contribution in [2.75, 3.05) is 24.8 Å². The third-order valence-corrected chi connectivity index (χ3v) is 3.02. The fourth-order valence-corrected chi connectivity index (χ4v) is 1.85. The molecule has 1 amide bonds. The van der Waals surface area contributed by atoms with E-state index < -0.39 is 0 Å². The lowest BCUT2D eigenvalue weighted by molar-refractivity contribution is -0.117. The molecule has 1 atom stereocenters. The number of carbonyl (C=O) groups is 1. The Hall–Kier alpha value is -1.55. The third kappa shape index (κ3) is 3.74. The number of methoxy groups -OCH3 is 1. The van der Waals surface area contributed by atoms with Gasteiger partial charge in [0.1, 0.15) is 0 Å². The van der Waals surface area contributed by atoms with Crippen molar-refractivity contribution in [3.05, 3.63) is 23.3 Å². The molecule has 0 spiro atoms. The van der Waals surface area contributed by atoms with Crippen LogP contribution in [0.1, 0.15) is 24.5 Å². The van der Waals surface area contributed by atoms with Crippen molar-refractivity contribution in [1.82, 2.24) is 0 Å². The number of anilines is 2. The highest BCUT2D eigenvalue weighted by molar-refractivity contribution is 5.95. The number of nitrogens with two attached hydrogens (primary N) is 1. The van der Waals surface area contributed by atoms with Crippen LogP contribution in [0.4, 0.5) is 11.4 Å². The molecule has 0 aliphatic heterocycles. The SMILES string of the molecule is COCC(C)CC(=O)Nc1c(N)ccc(C)c1C. The summed E-state index contributed by atoms with van der Waals surface area (Å²) in [6.07, 6.45) is 0.431. The Bertz CT molecular complexity index is 430. The Morgan fingerprint density at radius 2 is 2.11 bits per heavy atom. The van der Waals surface area contributed by atoms with Crippen LogP contribution in [0.25, 0.3) is 0 Å². The zero-order valence-electron chi connectivity index (χ0n) is 11.5. The van der Waals surface area contributed by atoms with E-state index in [4.69, 9.17) is 10.5 Å². The zero-order chi connectivity index (χ0) is 13.7. The van der Waals surface area contributed by atoms with E-state index in [0.717, 1.165) is 16.8 Å². The van der Waals surface area contributed by atoms with Crippen LogP contribution in [0.2, 0.25) is 0 Å². The maximum atomic E-state index is 11.9. The Labute approximate surface area is 109 Å². The number of ether oxygens (including phenoxy) is 1. The van der Waals surface area contributed by atoms with Gasteiger partial charge in [-0.1, -0.05) is 13.0 Å². The van der Waals surface area contributed by atoms with Crippen molar-refractivity contribution < 1.29 is 9.53 Å². The number of nitrogens with one attached hydrogen (secondary N) is 1. The maximum absolute atomic E-state index is 11.9. The summed E-state index contributed by atoms with van der Waals surface area (Å²) in [4.78, 5) is 11.9. The van der Waals surface area contributed by atoms with Gasteiger partial charge in [-0.05, 0) is 37.0 Å². The molecule has 0 heterocycles. The molecule has 0 bridgehead atoms. The molecule has 18 heavy (non-hydrogen) atoms. The lowest BCUT2D eigenvalue weighted by Gasteiger charge is -2.15. The summed E-state index contributed by atoms with van der Waals surface area (Å²) < 4.78 is 5.02. The lowest BCUT2D eigenvalue weighted by Crippen LogP contribution is -2.19. The number of carbonyl (C=O) groups excluding carboxylic acids is 1. The highest BCUT2D eigenvalue weighted by Gasteiger charge is 2.12. The smallest absolute Gasteiger partial charge is 0.224 e. The molecular weight excluding hydrogens is 228 g/mol. The summed E-state index contributed by atoms with van der Waals surface area (Å²) in [7, 11) is 1.64. The van der Waals surface area contributed by atoms with E-state index >= 15 is 0 Å². The van der Waals surface area contributed by atoms with Gasteiger partial charge in [0.05, 0.1) is 11.4 Å². The highest BCUT2D eigenvalue weighted by atomic mass is 16.5. The molecule has 0 radical (unpaired) electrons. The van der Waals surface area contributed by atoms with Crippen LogP contribution in [-0.4, -0.2) is 19.6 Å². The van der Waals surface area contributed by atoms with Gasteiger partial charge in [0, 0.05) is 20.1 Å². The Morgan fingerprint density at radius 3 is 2.72 bits per heavy atom. The van der Waals surface area contributed by atoms with Crippen molar-refractivity contribution >= 4 is 17.3 Å². The van der Waals surface area contributed by atoms with Gasteiger partial charge in [-0.25, -0.2) is 0 Å². The largest absolute Gasteiger partial charge is 0.397 e. The third-order valence-electron chi connectivity index (χ3n) is 3.02. The second-order valence-corrected chi connectivity index (χ2v) is 4.78. The Kier molecular flexibility index (Phi) is 5.16. The van der Waals surface area contributed by atoms with Gasteiger partial charge in [0.25, 0.3) is 0 Å². The van der Waals surface area contributed by atoms with Crippen molar-refractivity contribution in [2.45, 2.75) is 27.2 Å². The number of aryl methyl sites for hydroxylation is 1. The predicted octanol–water partition coefficient (Wildman–Crippen LogP) is 2.50. The van der Waals surface area contributed by atoms with Gasteiger partial charge < -0.3 is 15.8 Å². The van der Waals surface area contributed by atoms with E-state index in [-0.39, 0.29) is 11.8 Å².